The number of nitrogens with one attached hydrogen (secondary N) is 2. The average Bonchev–Trinajstić information content (AvgIpc) is 3.28. The van der Waals surface area contributed by atoms with Gasteiger partial charge in [-0.05, 0) is 24.5 Å². The van der Waals surface area contributed by atoms with Crippen LogP contribution < -0.4 is 10.6 Å². The first-order chi connectivity index (χ1) is 12.7. The Bertz CT molecular complexity index is 871. The van der Waals surface area contributed by atoms with Crippen molar-refractivity contribution < 1.29 is 4.52 Å². The molecule has 0 saturated carbocycles. The summed E-state index contributed by atoms with van der Waals surface area (Å²) in [4.78, 5) is 4.23. The van der Waals surface area contributed by atoms with Crippen molar-refractivity contribution in [2.75, 3.05) is 13.6 Å². The number of pyridine rings is 1. The third kappa shape index (κ3) is 5.65. The first-order valence-corrected chi connectivity index (χ1v) is 8.86. The molecule has 8 nitrogen and oxygen atoms in total. The number of aromatic nitrogens is 4. The number of rotatable bonds is 7. The molecule has 0 aliphatic heterocycles. The quantitative estimate of drug-likeness (QED) is 0.233. The maximum Gasteiger partial charge on any atom is 0.191 e. The second-order valence-corrected chi connectivity index (χ2v) is 6.37. The Morgan fingerprint density at radius 3 is 2.85 bits per heavy atom. The van der Waals surface area contributed by atoms with Gasteiger partial charge in [0.25, 0.3) is 0 Å². The van der Waals surface area contributed by atoms with Crippen molar-refractivity contribution in [3.63, 3.8) is 0 Å². The van der Waals surface area contributed by atoms with E-state index in [9.17, 15) is 0 Å². The molecule has 0 aliphatic rings. The van der Waals surface area contributed by atoms with Crippen LogP contribution in [0.5, 0.6) is 0 Å². The molecular formula is C18H26IN7O. The molecule has 0 atom stereocenters. The van der Waals surface area contributed by atoms with E-state index in [1.165, 1.54) is 0 Å². The zero-order valence-corrected chi connectivity index (χ0v) is 18.2. The molecule has 0 amide bonds. The lowest BCUT2D eigenvalue weighted by molar-refractivity contribution is 0.372. The lowest BCUT2D eigenvalue weighted by atomic mass is 10.1. The van der Waals surface area contributed by atoms with Gasteiger partial charge in [0, 0.05) is 32.3 Å². The van der Waals surface area contributed by atoms with E-state index >= 15 is 0 Å². The summed E-state index contributed by atoms with van der Waals surface area (Å²) in [5, 5.41) is 19.0. The van der Waals surface area contributed by atoms with Crippen LogP contribution in [-0.4, -0.2) is 39.3 Å². The number of aliphatic imine (C=N–C) groups is 1. The normalized spacial score (nSPS) is 11.6. The Morgan fingerprint density at radius 2 is 2.11 bits per heavy atom. The molecule has 0 fully saturated rings. The predicted octanol–water partition coefficient (Wildman–Crippen LogP) is 2.76. The molecule has 3 aromatic heterocycles. The third-order valence-electron chi connectivity index (χ3n) is 4.08. The van der Waals surface area contributed by atoms with Gasteiger partial charge in [0.05, 0.1) is 12.2 Å². The van der Waals surface area contributed by atoms with Crippen LogP contribution in [0.4, 0.5) is 0 Å². The molecule has 0 aromatic carbocycles. The molecular weight excluding hydrogens is 457 g/mol. The number of hydrogen-bond donors (Lipinski definition) is 2. The van der Waals surface area contributed by atoms with Crippen LogP contribution in [0.3, 0.4) is 0 Å². The van der Waals surface area contributed by atoms with E-state index in [-0.39, 0.29) is 24.0 Å². The van der Waals surface area contributed by atoms with Crippen LogP contribution in [-0.2, 0) is 13.0 Å². The highest BCUT2D eigenvalue weighted by atomic mass is 127. The van der Waals surface area contributed by atoms with Gasteiger partial charge in [-0.3, -0.25) is 9.39 Å². The highest BCUT2D eigenvalue weighted by molar-refractivity contribution is 14.0. The number of fused-ring (bicyclic) bond motifs is 1. The van der Waals surface area contributed by atoms with Gasteiger partial charge in [0.15, 0.2) is 17.4 Å². The van der Waals surface area contributed by atoms with E-state index < -0.39 is 0 Å². The molecule has 0 unspecified atom stereocenters. The molecule has 2 N–H and O–H groups in total. The summed E-state index contributed by atoms with van der Waals surface area (Å²) in [6, 6.07) is 7.87. The van der Waals surface area contributed by atoms with Crippen LogP contribution in [0.25, 0.3) is 5.65 Å². The molecule has 3 aromatic rings. The van der Waals surface area contributed by atoms with Crippen LogP contribution in [0.2, 0.25) is 0 Å². The smallest absolute Gasteiger partial charge is 0.191 e. The van der Waals surface area contributed by atoms with Gasteiger partial charge in [-0.2, -0.15) is 0 Å². The SMILES string of the molecule is CN=C(NCCCc1nnc2ccccn12)NCc1cc(C(C)C)no1.I. The Morgan fingerprint density at radius 1 is 1.26 bits per heavy atom. The average molecular weight is 483 g/mol. The van der Waals surface area contributed by atoms with Crippen LogP contribution in [0.15, 0.2) is 40.0 Å². The van der Waals surface area contributed by atoms with Gasteiger partial charge >= 0.3 is 0 Å². The minimum Gasteiger partial charge on any atom is -0.359 e. The van der Waals surface area contributed by atoms with Crippen molar-refractivity contribution in [3.8, 4) is 0 Å². The van der Waals surface area contributed by atoms with E-state index in [2.05, 4.69) is 44.8 Å². The fraction of sp³-hybridized carbons (Fsp3) is 0.444. The van der Waals surface area contributed by atoms with Gasteiger partial charge in [0.2, 0.25) is 0 Å². The first-order valence-electron chi connectivity index (χ1n) is 8.86. The molecule has 0 radical (unpaired) electrons. The Kier molecular flexibility index (Phi) is 8.01. The lowest BCUT2D eigenvalue weighted by Crippen LogP contribution is -2.37. The highest BCUT2D eigenvalue weighted by Crippen LogP contribution is 2.13. The number of nitrogens with zero attached hydrogens (tertiary/aromatic N) is 5. The van der Waals surface area contributed by atoms with Gasteiger partial charge in [0.1, 0.15) is 5.82 Å². The van der Waals surface area contributed by atoms with Crippen molar-refractivity contribution in [2.45, 2.75) is 39.2 Å². The molecule has 9 heteroatoms. The Labute approximate surface area is 175 Å². The second kappa shape index (κ2) is 10.2. The van der Waals surface area contributed by atoms with Crippen LogP contribution in [0, 0.1) is 0 Å². The summed E-state index contributed by atoms with van der Waals surface area (Å²) in [5.74, 6) is 2.86. The third-order valence-corrected chi connectivity index (χ3v) is 4.08. The van der Waals surface area contributed by atoms with Crippen LogP contribution in [0.1, 0.15) is 43.5 Å². The van der Waals surface area contributed by atoms with E-state index in [0.29, 0.717) is 12.5 Å². The zero-order valence-electron chi connectivity index (χ0n) is 15.8. The fourth-order valence-corrected chi connectivity index (χ4v) is 2.59. The monoisotopic (exact) mass is 483 g/mol. The van der Waals surface area contributed by atoms with Crippen molar-refractivity contribution >= 4 is 35.6 Å². The predicted molar refractivity (Wildman–Crippen MR) is 116 cm³/mol. The summed E-state index contributed by atoms with van der Waals surface area (Å²) >= 11 is 0. The minimum absolute atomic E-state index is 0. The Hall–Kier alpha value is -2.17. The summed E-state index contributed by atoms with van der Waals surface area (Å²) in [6.45, 7) is 5.52. The summed E-state index contributed by atoms with van der Waals surface area (Å²) < 4.78 is 7.34. The number of guanidine groups is 1. The zero-order chi connectivity index (χ0) is 18.4. The van der Waals surface area contributed by atoms with E-state index in [1.807, 2.05) is 34.9 Å². The molecule has 27 heavy (non-hydrogen) atoms. The maximum atomic E-state index is 5.32. The topological polar surface area (TPSA) is 92.6 Å². The lowest BCUT2D eigenvalue weighted by Gasteiger charge is -2.10. The summed E-state index contributed by atoms with van der Waals surface area (Å²) in [6.07, 6.45) is 3.76. The molecule has 0 bridgehead atoms. The minimum atomic E-state index is 0. The van der Waals surface area contributed by atoms with Gasteiger partial charge < -0.3 is 15.2 Å². The summed E-state index contributed by atoms with van der Waals surface area (Å²) in [5.41, 5.74) is 1.84. The van der Waals surface area contributed by atoms with Gasteiger partial charge in [-0.25, -0.2) is 0 Å². The van der Waals surface area contributed by atoms with E-state index in [0.717, 1.165) is 48.3 Å². The standard InChI is InChI=1S/C18H25N7O.HI/c1-13(2)15-11-14(26-24-15)12-21-18(19-3)20-9-6-8-17-23-22-16-7-4-5-10-25(16)17;/h4-5,7,10-11,13H,6,8-9,12H2,1-3H3,(H2,19,20,21);1H. The molecule has 0 aliphatic carbocycles. The van der Waals surface area contributed by atoms with Gasteiger partial charge in [-0.1, -0.05) is 25.1 Å². The van der Waals surface area contributed by atoms with E-state index in [1.54, 1.807) is 7.05 Å². The largest absolute Gasteiger partial charge is 0.359 e. The van der Waals surface area contributed by atoms with Crippen molar-refractivity contribution in [2.24, 2.45) is 4.99 Å². The summed E-state index contributed by atoms with van der Waals surface area (Å²) in [7, 11) is 1.75. The number of aryl methyl sites for hydroxylation is 1. The molecule has 3 heterocycles. The molecule has 3 rings (SSSR count). The highest BCUT2D eigenvalue weighted by Gasteiger charge is 2.08. The maximum absolute atomic E-state index is 5.32. The molecule has 0 spiro atoms. The molecule has 146 valence electrons. The van der Waals surface area contributed by atoms with Crippen molar-refractivity contribution in [1.82, 2.24) is 30.4 Å². The Balaban J connectivity index is 0.00000261. The molecule has 0 saturated heterocycles. The van der Waals surface area contributed by atoms with Crippen molar-refractivity contribution in [3.05, 3.63) is 47.7 Å². The second-order valence-electron chi connectivity index (χ2n) is 6.37. The first kappa shape index (κ1) is 21.1. The van der Waals surface area contributed by atoms with Crippen molar-refractivity contribution in [1.29, 1.82) is 0 Å². The van der Waals surface area contributed by atoms with E-state index in [4.69, 9.17) is 4.52 Å². The number of halogens is 1. The van der Waals surface area contributed by atoms with Crippen LogP contribution >= 0.6 is 24.0 Å². The fourth-order valence-electron chi connectivity index (χ4n) is 2.59. The van der Waals surface area contributed by atoms with Gasteiger partial charge in [-0.15, -0.1) is 34.2 Å². The number of hydrogen-bond acceptors (Lipinski definition) is 5.